The van der Waals surface area contributed by atoms with Gasteiger partial charge in [-0.2, -0.15) is 0 Å². The van der Waals surface area contributed by atoms with Crippen molar-refractivity contribution in [3.05, 3.63) is 0 Å². The fraction of sp³-hybridized carbons (Fsp3) is 0.900. The van der Waals surface area contributed by atoms with E-state index in [4.69, 9.17) is 5.11 Å². The predicted octanol–water partition coefficient (Wildman–Crippen LogP) is -0.0118. The molecule has 0 radical (unpaired) electrons. The molecule has 82 valence electrons. The van der Waals surface area contributed by atoms with Gasteiger partial charge in [-0.3, -0.25) is 4.79 Å². The van der Waals surface area contributed by atoms with E-state index in [9.17, 15) is 9.90 Å². The van der Waals surface area contributed by atoms with Crippen molar-refractivity contribution >= 4 is 5.91 Å². The molecule has 0 atom stereocenters. The van der Waals surface area contributed by atoms with Gasteiger partial charge in [-0.15, -0.1) is 0 Å². The van der Waals surface area contributed by atoms with Gasteiger partial charge in [-0.05, 0) is 25.7 Å². The number of carbonyl (C=O) groups excluding carboxylic acids is 1. The average molecular weight is 201 g/mol. The lowest BCUT2D eigenvalue weighted by atomic mass is 9.86. The molecule has 2 N–H and O–H groups in total. The van der Waals surface area contributed by atoms with E-state index in [2.05, 4.69) is 0 Å². The number of hydrogen-bond acceptors (Lipinski definition) is 3. The van der Waals surface area contributed by atoms with E-state index in [1.54, 1.807) is 11.9 Å². The number of rotatable bonds is 3. The molecule has 14 heavy (non-hydrogen) atoms. The highest BCUT2D eigenvalue weighted by Gasteiger charge is 2.26. The second-order valence-electron chi connectivity index (χ2n) is 3.99. The van der Waals surface area contributed by atoms with Crippen LogP contribution in [0.4, 0.5) is 0 Å². The number of aliphatic hydroxyl groups excluding tert-OH is 2. The number of likely N-dealkylation sites (N-methyl/N-ethyl adjacent to an activating group) is 1. The molecule has 1 aliphatic rings. The molecule has 4 nitrogen and oxygen atoms in total. The highest BCUT2D eigenvalue weighted by Crippen LogP contribution is 2.25. The summed E-state index contributed by atoms with van der Waals surface area (Å²) in [4.78, 5) is 13.3. The summed E-state index contributed by atoms with van der Waals surface area (Å²) in [6.45, 7) is 0.412. The van der Waals surface area contributed by atoms with Gasteiger partial charge < -0.3 is 15.1 Å². The first kappa shape index (κ1) is 11.5. The Morgan fingerprint density at radius 1 is 1.36 bits per heavy atom. The molecule has 1 amide bonds. The van der Waals surface area contributed by atoms with Crippen molar-refractivity contribution in [2.75, 3.05) is 20.2 Å². The number of amides is 1. The zero-order valence-electron chi connectivity index (χ0n) is 8.65. The fourth-order valence-corrected chi connectivity index (χ4v) is 1.89. The molecule has 0 spiro atoms. The summed E-state index contributed by atoms with van der Waals surface area (Å²) < 4.78 is 0. The lowest BCUT2D eigenvalue weighted by molar-refractivity contribution is -0.136. The van der Waals surface area contributed by atoms with Crippen LogP contribution >= 0.6 is 0 Å². The van der Waals surface area contributed by atoms with Crippen molar-refractivity contribution in [2.45, 2.75) is 31.8 Å². The summed E-state index contributed by atoms with van der Waals surface area (Å²) in [5, 5.41) is 18.0. The Morgan fingerprint density at radius 2 is 1.93 bits per heavy atom. The van der Waals surface area contributed by atoms with E-state index < -0.39 is 0 Å². The van der Waals surface area contributed by atoms with Crippen molar-refractivity contribution in [3.8, 4) is 0 Å². The van der Waals surface area contributed by atoms with Crippen molar-refractivity contribution < 1.29 is 15.0 Å². The average Bonchev–Trinajstić information content (AvgIpc) is 2.18. The molecule has 1 rings (SSSR count). The molecule has 1 saturated carbocycles. The van der Waals surface area contributed by atoms with E-state index in [1.165, 1.54) is 0 Å². The molecule has 0 saturated heterocycles. The lowest BCUT2D eigenvalue weighted by Gasteiger charge is -2.28. The van der Waals surface area contributed by atoms with Crippen molar-refractivity contribution in [1.29, 1.82) is 0 Å². The largest absolute Gasteiger partial charge is 0.395 e. The zero-order chi connectivity index (χ0) is 10.6. The molecule has 0 aliphatic heterocycles. The van der Waals surface area contributed by atoms with Crippen LogP contribution in [0.5, 0.6) is 0 Å². The van der Waals surface area contributed by atoms with Crippen molar-refractivity contribution in [1.82, 2.24) is 4.90 Å². The third kappa shape index (κ3) is 2.96. The molecule has 0 heterocycles. The summed E-state index contributed by atoms with van der Waals surface area (Å²) >= 11 is 0. The minimum Gasteiger partial charge on any atom is -0.395 e. The summed E-state index contributed by atoms with van der Waals surface area (Å²) in [5.41, 5.74) is 0. The Bertz CT molecular complexity index is 188. The maximum Gasteiger partial charge on any atom is 0.225 e. The van der Waals surface area contributed by atoms with Crippen LogP contribution < -0.4 is 0 Å². The van der Waals surface area contributed by atoms with E-state index in [0.717, 1.165) is 25.7 Å². The monoisotopic (exact) mass is 201 g/mol. The van der Waals surface area contributed by atoms with Gasteiger partial charge in [0.05, 0.1) is 12.7 Å². The summed E-state index contributed by atoms with van der Waals surface area (Å²) in [5.74, 6) is 0.154. The third-order valence-electron chi connectivity index (χ3n) is 2.86. The van der Waals surface area contributed by atoms with Crippen LogP contribution in [0.25, 0.3) is 0 Å². The molecule has 0 aromatic heterocycles. The molecular formula is C10H19NO3. The first-order chi connectivity index (χ1) is 6.65. The highest BCUT2D eigenvalue weighted by atomic mass is 16.3. The molecule has 1 aliphatic carbocycles. The second kappa shape index (κ2) is 5.32. The van der Waals surface area contributed by atoms with Gasteiger partial charge >= 0.3 is 0 Å². The van der Waals surface area contributed by atoms with Gasteiger partial charge in [0.25, 0.3) is 0 Å². The molecular weight excluding hydrogens is 182 g/mol. The van der Waals surface area contributed by atoms with Gasteiger partial charge in [0.15, 0.2) is 0 Å². The number of hydrogen-bond donors (Lipinski definition) is 2. The standard InChI is InChI=1S/C10H19NO3/c1-11(6-7-12)10(14)8-2-4-9(13)5-3-8/h8-9,12-13H,2-7H2,1H3. The van der Waals surface area contributed by atoms with Crippen LogP contribution in [0.2, 0.25) is 0 Å². The minimum atomic E-state index is -0.220. The normalized spacial score (nSPS) is 27.4. The van der Waals surface area contributed by atoms with Gasteiger partial charge in [0, 0.05) is 19.5 Å². The fourth-order valence-electron chi connectivity index (χ4n) is 1.89. The third-order valence-corrected chi connectivity index (χ3v) is 2.86. The Kier molecular flexibility index (Phi) is 4.35. The number of aliphatic hydroxyl groups is 2. The molecule has 0 bridgehead atoms. The topological polar surface area (TPSA) is 60.8 Å². The maximum absolute atomic E-state index is 11.7. The molecule has 0 aromatic rings. The maximum atomic E-state index is 11.7. The van der Waals surface area contributed by atoms with Gasteiger partial charge in [-0.25, -0.2) is 0 Å². The SMILES string of the molecule is CN(CCO)C(=O)C1CCC(O)CC1. The van der Waals surface area contributed by atoms with Crippen LogP contribution in [-0.4, -0.2) is 47.3 Å². The zero-order valence-corrected chi connectivity index (χ0v) is 8.65. The first-order valence-electron chi connectivity index (χ1n) is 5.19. The number of carbonyl (C=O) groups is 1. The van der Waals surface area contributed by atoms with Crippen LogP contribution in [0.1, 0.15) is 25.7 Å². The Labute approximate surface area is 84.5 Å². The van der Waals surface area contributed by atoms with E-state index in [0.29, 0.717) is 6.54 Å². The van der Waals surface area contributed by atoms with Crippen LogP contribution in [-0.2, 0) is 4.79 Å². The van der Waals surface area contributed by atoms with Gasteiger partial charge in [0.2, 0.25) is 5.91 Å². The summed E-state index contributed by atoms with van der Waals surface area (Å²) in [7, 11) is 1.71. The van der Waals surface area contributed by atoms with Gasteiger partial charge in [-0.1, -0.05) is 0 Å². The predicted molar refractivity (Wildman–Crippen MR) is 52.7 cm³/mol. The van der Waals surface area contributed by atoms with Gasteiger partial charge in [0.1, 0.15) is 0 Å². The second-order valence-corrected chi connectivity index (χ2v) is 3.99. The van der Waals surface area contributed by atoms with Crippen molar-refractivity contribution in [3.63, 3.8) is 0 Å². The molecule has 0 aromatic carbocycles. The smallest absolute Gasteiger partial charge is 0.225 e. The quantitative estimate of drug-likeness (QED) is 0.675. The molecule has 4 heteroatoms. The lowest BCUT2D eigenvalue weighted by Crippen LogP contribution is -2.37. The van der Waals surface area contributed by atoms with E-state index in [-0.39, 0.29) is 24.5 Å². The minimum absolute atomic E-state index is 0.0115. The Morgan fingerprint density at radius 3 is 2.43 bits per heavy atom. The van der Waals surface area contributed by atoms with E-state index in [1.807, 2.05) is 0 Å². The van der Waals surface area contributed by atoms with Crippen LogP contribution in [0.3, 0.4) is 0 Å². The van der Waals surface area contributed by atoms with Crippen molar-refractivity contribution in [2.24, 2.45) is 5.92 Å². The number of nitrogens with zero attached hydrogens (tertiary/aromatic N) is 1. The Hall–Kier alpha value is -0.610. The first-order valence-corrected chi connectivity index (χ1v) is 5.19. The molecule has 1 fully saturated rings. The van der Waals surface area contributed by atoms with Crippen LogP contribution in [0, 0.1) is 5.92 Å². The summed E-state index contributed by atoms with van der Waals surface area (Å²) in [6, 6.07) is 0. The van der Waals surface area contributed by atoms with Crippen LogP contribution in [0.15, 0.2) is 0 Å². The van der Waals surface area contributed by atoms with E-state index >= 15 is 0 Å². The summed E-state index contributed by atoms with van der Waals surface area (Å²) in [6.07, 6.45) is 2.78. The highest BCUT2D eigenvalue weighted by molar-refractivity contribution is 5.78. The Balaban J connectivity index is 2.37. The molecule has 0 unspecified atom stereocenters.